The number of pyridine rings is 1. The van der Waals surface area contributed by atoms with Crippen LogP contribution in [0.1, 0.15) is 11.3 Å². The van der Waals surface area contributed by atoms with Gasteiger partial charge in [0.25, 0.3) is 0 Å². The Morgan fingerprint density at radius 2 is 2.04 bits per heavy atom. The number of tetrazole rings is 1. The number of aromatic nitrogens is 5. The van der Waals surface area contributed by atoms with Gasteiger partial charge in [0.05, 0.1) is 15.7 Å². The van der Waals surface area contributed by atoms with Gasteiger partial charge in [0.2, 0.25) is 5.95 Å². The number of nitrogens with zero attached hydrogens (tertiary/aromatic N) is 5. The Morgan fingerprint density at radius 3 is 2.83 bits per heavy atom. The van der Waals surface area contributed by atoms with Gasteiger partial charge in [-0.15, -0.1) is 0 Å². The quantitative estimate of drug-likeness (QED) is 0.728. The van der Waals surface area contributed by atoms with E-state index in [1.807, 2.05) is 19.1 Å². The lowest BCUT2D eigenvalue weighted by Gasteiger charge is -2.10. The molecule has 6 nitrogen and oxygen atoms in total. The van der Waals surface area contributed by atoms with Crippen molar-refractivity contribution in [3.8, 4) is 5.69 Å². The van der Waals surface area contributed by atoms with Crippen molar-refractivity contribution in [2.45, 2.75) is 13.5 Å². The zero-order valence-corrected chi connectivity index (χ0v) is 13.5. The molecule has 0 spiro atoms. The van der Waals surface area contributed by atoms with E-state index in [-0.39, 0.29) is 10.0 Å². The number of benzene rings is 1. The highest BCUT2D eigenvalue weighted by Crippen LogP contribution is 2.31. The maximum atomic E-state index is 13.4. The predicted octanol–water partition coefficient (Wildman–Crippen LogP) is 3.42. The molecular formula is C14H11Cl2FN6. The van der Waals surface area contributed by atoms with Crippen LogP contribution in [0.5, 0.6) is 0 Å². The molecule has 0 unspecified atom stereocenters. The van der Waals surface area contributed by atoms with E-state index in [4.69, 9.17) is 23.2 Å². The fourth-order valence-corrected chi connectivity index (χ4v) is 2.41. The van der Waals surface area contributed by atoms with Crippen molar-refractivity contribution in [3.05, 3.63) is 57.6 Å². The first-order valence-corrected chi connectivity index (χ1v) is 7.40. The molecule has 0 bridgehead atoms. The number of anilines is 1. The molecule has 3 rings (SSSR count). The maximum Gasteiger partial charge on any atom is 0.248 e. The lowest BCUT2D eigenvalue weighted by atomic mass is 10.2. The zero-order valence-electron chi connectivity index (χ0n) is 12.0. The molecule has 0 aliphatic heterocycles. The maximum absolute atomic E-state index is 13.4. The number of aryl methyl sites for hydroxylation is 1. The van der Waals surface area contributed by atoms with E-state index in [2.05, 4.69) is 25.8 Å². The first-order chi connectivity index (χ1) is 11.1. The van der Waals surface area contributed by atoms with Crippen molar-refractivity contribution in [1.29, 1.82) is 0 Å². The minimum atomic E-state index is -0.603. The highest BCUT2D eigenvalue weighted by atomic mass is 35.5. The van der Waals surface area contributed by atoms with Gasteiger partial charge >= 0.3 is 0 Å². The lowest BCUT2D eigenvalue weighted by Crippen LogP contribution is -2.09. The van der Waals surface area contributed by atoms with Crippen LogP contribution in [0.15, 0.2) is 30.5 Å². The van der Waals surface area contributed by atoms with Gasteiger partial charge in [0.1, 0.15) is 5.82 Å². The summed E-state index contributed by atoms with van der Waals surface area (Å²) < 4.78 is 14.8. The zero-order chi connectivity index (χ0) is 16.4. The topological polar surface area (TPSA) is 68.5 Å². The molecule has 9 heteroatoms. The van der Waals surface area contributed by atoms with E-state index in [0.29, 0.717) is 18.2 Å². The van der Waals surface area contributed by atoms with Crippen molar-refractivity contribution in [3.63, 3.8) is 0 Å². The minimum Gasteiger partial charge on any atom is -0.349 e. The third-order valence-electron chi connectivity index (χ3n) is 3.27. The van der Waals surface area contributed by atoms with Gasteiger partial charge in [0, 0.05) is 18.4 Å². The van der Waals surface area contributed by atoms with Gasteiger partial charge in [-0.05, 0) is 41.1 Å². The average Bonchev–Trinajstić information content (AvgIpc) is 3.00. The van der Waals surface area contributed by atoms with Crippen molar-refractivity contribution >= 4 is 29.2 Å². The van der Waals surface area contributed by atoms with Crippen LogP contribution in [0.25, 0.3) is 5.69 Å². The molecule has 0 amide bonds. The van der Waals surface area contributed by atoms with E-state index in [9.17, 15) is 4.39 Å². The van der Waals surface area contributed by atoms with E-state index < -0.39 is 5.82 Å². The second-order valence-corrected chi connectivity index (χ2v) is 5.47. The molecule has 118 valence electrons. The van der Waals surface area contributed by atoms with Gasteiger partial charge in [0.15, 0.2) is 0 Å². The van der Waals surface area contributed by atoms with E-state index in [1.165, 1.54) is 16.8 Å². The molecule has 0 fully saturated rings. The fourth-order valence-electron chi connectivity index (χ4n) is 2.02. The number of halogens is 3. The fraction of sp³-hybridized carbons (Fsp3) is 0.143. The molecule has 2 aromatic heterocycles. The first-order valence-electron chi connectivity index (χ1n) is 6.64. The van der Waals surface area contributed by atoms with Crippen molar-refractivity contribution in [2.75, 3.05) is 5.32 Å². The van der Waals surface area contributed by atoms with Crippen LogP contribution in [0.4, 0.5) is 10.3 Å². The summed E-state index contributed by atoms with van der Waals surface area (Å²) in [7, 11) is 0. The Kier molecular flexibility index (Phi) is 4.40. The van der Waals surface area contributed by atoms with Gasteiger partial charge in [-0.2, -0.15) is 4.68 Å². The summed E-state index contributed by atoms with van der Waals surface area (Å²) in [5.74, 6) is -0.244. The molecule has 0 atom stereocenters. The molecule has 1 aromatic carbocycles. The van der Waals surface area contributed by atoms with E-state index >= 15 is 0 Å². The normalized spacial score (nSPS) is 10.8. The van der Waals surface area contributed by atoms with Crippen molar-refractivity contribution in [2.24, 2.45) is 0 Å². The molecule has 0 aliphatic carbocycles. The van der Waals surface area contributed by atoms with Crippen LogP contribution < -0.4 is 5.32 Å². The molecule has 23 heavy (non-hydrogen) atoms. The van der Waals surface area contributed by atoms with Crippen LogP contribution in [0, 0.1) is 12.7 Å². The Labute approximate surface area is 141 Å². The summed E-state index contributed by atoms with van der Waals surface area (Å²) in [4.78, 5) is 4.22. The van der Waals surface area contributed by atoms with Crippen LogP contribution in [0.2, 0.25) is 10.0 Å². The standard InChI is InChI=1S/C14H11Cl2FN6/c1-8-9(3-2-6-18-8)7-19-14-20-21-22-23(14)11-5-4-10(17)12(15)13(11)16/h2-6H,7H2,1H3,(H,19,20,22). The van der Waals surface area contributed by atoms with Crippen molar-refractivity contribution in [1.82, 2.24) is 25.2 Å². The van der Waals surface area contributed by atoms with E-state index in [0.717, 1.165) is 11.3 Å². The number of nitrogens with one attached hydrogen (secondary N) is 1. The number of hydrogen-bond donors (Lipinski definition) is 1. The minimum absolute atomic E-state index is 0.0413. The van der Waals surface area contributed by atoms with Gasteiger partial charge in [-0.3, -0.25) is 4.98 Å². The smallest absolute Gasteiger partial charge is 0.248 e. The van der Waals surface area contributed by atoms with Gasteiger partial charge < -0.3 is 5.32 Å². The molecular weight excluding hydrogens is 342 g/mol. The average molecular weight is 353 g/mol. The summed E-state index contributed by atoms with van der Waals surface area (Å²) in [6.45, 7) is 2.39. The van der Waals surface area contributed by atoms with E-state index in [1.54, 1.807) is 6.20 Å². The third-order valence-corrected chi connectivity index (χ3v) is 4.11. The van der Waals surface area contributed by atoms with Crippen LogP contribution in [0.3, 0.4) is 0 Å². The summed E-state index contributed by atoms with van der Waals surface area (Å²) in [5.41, 5.74) is 2.29. The molecule has 0 saturated carbocycles. The monoisotopic (exact) mass is 352 g/mol. The second kappa shape index (κ2) is 6.47. The highest BCUT2D eigenvalue weighted by Gasteiger charge is 2.16. The Hall–Kier alpha value is -2.25. The van der Waals surface area contributed by atoms with Gasteiger partial charge in [-0.25, -0.2) is 4.39 Å². The predicted molar refractivity (Wildman–Crippen MR) is 85.4 cm³/mol. The van der Waals surface area contributed by atoms with Gasteiger partial charge in [-0.1, -0.05) is 34.4 Å². The summed E-state index contributed by atoms with van der Waals surface area (Å²) in [6.07, 6.45) is 1.73. The molecule has 2 heterocycles. The molecule has 0 radical (unpaired) electrons. The highest BCUT2D eigenvalue weighted by molar-refractivity contribution is 6.43. The SMILES string of the molecule is Cc1ncccc1CNc1nnnn1-c1ccc(F)c(Cl)c1Cl. The second-order valence-electron chi connectivity index (χ2n) is 4.71. The summed E-state index contributed by atoms with van der Waals surface area (Å²) in [6, 6.07) is 6.47. The number of rotatable bonds is 4. The van der Waals surface area contributed by atoms with Crippen LogP contribution in [-0.4, -0.2) is 25.2 Å². The summed E-state index contributed by atoms with van der Waals surface area (Å²) >= 11 is 11.9. The Morgan fingerprint density at radius 1 is 1.22 bits per heavy atom. The Bertz CT molecular complexity index is 851. The largest absolute Gasteiger partial charge is 0.349 e. The summed E-state index contributed by atoms with van der Waals surface area (Å²) in [5, 5.41) is 14.4. The molecule has 3 aromatic rings. The molecule has 0 aliphatic rings. The Balaban J connectivity index is 1.89. The molecule has 1 N–H and O–H groups in total. The van der Waals surface area contributed by atoms with Crippen molar-refractivity contribution < 1.29 is 4.39 Å². The van der Waals surface area contributed by atoms with Crippen LogP contribution in [-0.2, 0) is 6.54 Å². The number of hydrogen-bond acceptors (Lipinski definition) is 5. The molecule has 0 saturated heterocycles. The first kappa shape index (κ1) is 15.6. The lowest BCUT2D eigenvalue weighted by molar-refractivity contribution is 0.627. The third kappa shape index (κ3) is 3.11. The van der Waals surface area contributed by atoms with Crippen LogP contribution >= 0.6 is 23.2 Å².